The van der Waals surface area contributed by atoms with Crippen molar-refractivity contribution in [2.45, 2.75) is 18.9 Å². The third kappa shape index (κ3) is 2.02. The highest BCUT2D eigenvalue weighted by atomic mass is 19.1. The van der Waals surface area contributed by atoms with E-state index in [1.807, 2.05) is 0 Å². The zero-order valence-electron chi connectivity index (χ0n) is 10.1. The fraction of sp³-hybridized carbons (Fsp3) is 0.615. The third-order valence-electron chi connectivity index (χ3n) is 4.04. The molecule has 0 aliphatic carbocycles. The molecule has 3 rings (SSSR count). The Morgan fingerprint density at radius 2 is 2.18 bits per heavy atom. The molecule has 1 aromatic rings. The van der Waals surface area contributed by atoms with Crippen LogP contribution in [-0.2, 0) is 0 Å². The highest BCUT2D eigenvalue weighted by Crippen LogP contribution is 2.33. The van der Waals surface area contributed by atoms with E-state index in [-0.39, 0.29) is 5.82 Å². The van der Waals surface area contributed by atoms with E-state index in [0.29, 0.717) is 6.04 Å². The second-order valence-corrected chi connectivity index (χ2v) is 5.20. The summed E-state index contributed by atoms with van der Waals surface area (Å²) >= 11 is 0. The van der Waals surface area contributed by atoms with E-state index >= 15 is 0 Å². The van der Waals surface area contributed by atoms with Crippen LogP contribution in [0.15, 0.2) is 18.3 Å². The van der Waals surface area contributed by atoms with Crippen molar-refractivity contribution in [1.82, 2.24) is 9.88 Å². The monoisotopic (exact) mass is 235 g/mol. The average molecular weight is 235 g/mol. The van der Waals surface area contributed by atoms with Crippen LogP contribution in [-0.4, -0.2) is 42.6 Å². The summed E-state index contributed by atoms with van der Waals surface area (Å²) in [5.74, 6) is 1.43. The molecule has 2 saturated heterocycles. The number of hydrogen-bond acceptors (Lipinski definition) is 3. The predicted octanol–water partition coefficient (Wildman–Crippen LogP) is 1.75. The molecule has 2 atom stereocenters. The third-order valence-corrected chi connectivity index (χ3v) is 4.04. The van der Waals surface area contributed by atoms with Crippen LogP contribution in [0.1, 0.15) is 12.8 Å². The van der Waals surface area contributed by atoms with Gasteiger partial charge in [0.05, 0.1) is 6.20 Å². The predicted molar refractivity (Wildman–Crippen MR) is 65.6 cm³/mol. The van der Waals surface area contributed by atoms with Gasteiger partial charge in [-0.1, -0.05) is 0 Å². The van der Waals surface area contributed by atoms with Gasteiger partial charge < -0.3 is 9.80 Å². The number of likely N-dealkylation sites (tertiary alicyclic amines) is 1. The van der Waals surface area contributed by atoms with Crippen LogP contribution >= 0.6 is 0 Å². The van der Waals surface area contributed by atoms with E-state index in [4.69, 9.17) is 0 Å². The quantitative estimate of drug-likeness (QED) is 0.739. The summed E-state index contributed by atoms with van der Waals surface area (Å²) in [5.41, 5.74) is 0. The largest absolute Gasteiger partial charge is 0.353 e. The maximum Gasteiger partial charge on any atom is 0.141 e. The fourth-order valence-corrected chi connectivity index (χ4v) is 3.19. The number of rotatable bonds is 1. The Morgan fingerprint density at radius 3 is 2.94 bits per heavy atom. The molecule has 4 heteroatoms. The van der Waals surface area contributed by atoms with Crippen molar-refractivity contribution in [1.29, 1.82) is 0 Å². The van der Waals surface area contributed by atoms with Gasteiger partial charge in [-0.05, 0) is 44.5 Å². The second-order valence-electron chi connectivity index (χ2n) is 5.20. The van der Waals surface area contributed by atoms with Crippen molar-refractivity contribution in [3.05, 3.63) is 24.1 Å². The molecule has 0 bridgehead atoms. The second kappa shape index (κ2) is 4.26. The van der Waals surface area contributed by atoms with Crippen LogP contribution < -0.4 is 4.90 Å². The van der Waals surface area contributed by atoms with Crippen molar-refractivity contribution in [3.8, 4) is 0 Å². The number of aromatic nitrogens is 1. The molecule has 92 valence electrons. The Morgan fingerprint density at radius 1 is 1.29 bits per heavy atom. The van der Waals surface area contributed by atoms with E-state index in [1.54, 1.807) is 6.07 Å². The number of fused-ring (bicyclic) bond motifs is 1. The highest BCUT2D eigenvalue weighted by molar-refractivity contribution is 5.41. The molecular formula is C13H18FN3. The summed E-state index contributed by atoms with van der Waals surface area (Å²) in [6.45, 7) is 3.39. The SMILES string of the molecule is CN1CCC2[C@@H](CCN2c2ccc(F)cn2)C1. The molecule has 2 fully saturated rings. The summed E-state index contributed by atoms with van der Waals surface area (Å²) in [4.78, 5) is 8.97. The fourth-order valence-electron chi connectivity index (χ4n) is 3.19. The number of nitrogens with zero attached hydrogens (tertiary/aromatic N) is 3. The molecule has 0 radical (unpaired) electrons. The van der Waals surface area contributed by atoms with Gasteiger partial charge in [-0.25, -0.2) is 9.37 Å². The zero-order valence-corrected chi connectivity index (χ0v) is 10.1. The lowest BCUT2D eigenvalue weighted by Gasteiger charge is -2.36. The number of pyridine rings is 1. The van der Waals surface area contributed by atoms with Crippen LogP contribution in [0.2, 0.25) is 0 Å². The Kier molecular flexibility index (Phi) is 2.74. The maximum atomic E-state index is 12.9. The number of hydrogen-bond donors (Lipinski definition) is 0. The van der Waals surface area contributed by atoms with E-state index in [1.165, 1.54) is 31.6 Å². The van der Waals surface area contributed by atoms with Gasteiger partial charge in [0.15, 0.2) is 0 Å². The van der Waals surface area contributed by atoms with Crippen LogP contribution in [0, 0.1) is 11.7 Å². The van der Waals surface area contributed by atoms with Gasteiger partial charge in [-0.2, -0.15) is 0 Å². The standard InChI is InChI=1S/C13H18FN3/c1-16-6-5-12-10(9-16)4-7-17(12)13-3-2-11(14)8-15-13/h2-3,8,10,12H,4-7,9H2,1H3/t10-,12?/m0/s1. The topological polar surface area (TPSA) is 19.4 Å². The molecule has 0 spiro atoms. The molecule has 0 amide bonds. The van der Waals surface area contributed by atoms with Gasteiger partial charge in [-0.15, -0.1) is 0 Å². The van der Waals surface area contributed by atoms with Gasteiger partial charge in [0.2, 0.25) is 0 Å². The molecule has 2 aliphatic rings. The molecule has 1 unspecified atom stereocenters. The van der Waals surface area contributed by atoms with Gasteiger partial charge in [-0.3, -0.25) is 0 Å². The van der Waals surface area contributed by atoms with Gasteiger partial charge >= 0.3 is 0 Å². The van der Waals surface area contributed by atoms with E-state index in [2.05, 4.69) is 21.8 Å². The van der Waals surface area contributed by atoms with Crippen LogP contribution in [0.25, 0.3) is 0 Å². The minimum absolute atomic E-state index is 0.257. The molecule has 0 N–H and O–H groups in total. The normalized spacial score (nSPS) is 29.4. The number of anilines is 1. The first-order valence-electron chi connectivity index (χ1n) is 6.31. The van der Waals surface area contributed by atoms with Gasteiger partial charge in [0.1, 0.15) is 11.6 Å². The lowest BCUT2D eigenvalue weighted by molar-refractivity contribution is 0.202. The van der Waals surface area contributed by atoms with E-state index in [0.717, 1.165) is 24.8 Å². The molecule has 2 aliphatic heterocycles. The smallest absolute Gasteiger partial charge is 0.141 e. The van der Waals surface area contributed by atoms with Crippen molar-refractivity contribution in [3.63, 3.8) is 0 Å². The molecule has 0 saturated carbocycles. The van der Waals surface area contributed by atoms with Crippen LogP contribution in [0.5, 0.6) is 0 Å². The minimum Gasteiger partial charge on any atom is -0.353 e. The summed E-state index contributed by atoms with van der Waals surface area (Å²) in [7, 11) is 2.19. The minimum atomic E-state index is -0.257. The molecule has 1 aromatic heterocycles. The molecule has 3 nitrogen and oxygen atoms in total. The Hall–Kier alpha value is -1.16. The Bertz CT molecular complexity index is 392. The maximum absolute atomic E-state index is 12.9. The Balaban J connectivity index is 1.79. The molecule has 17 heavy (non-hydrogen) atoms. The highest BCUT2D eigenvalue weighted by Gasteiger charge is 2.37. The average Bonchev–Trinajstić information content (AvgIpc) is 2.73. The van der Waals surface area contributed by atoms with Gasteiger partial charge in [0.25, 0.3) is 0 Å². The van der Waals surface area contributed by atoms with Crippen LogP contribution in [0.4, 0.5) is 10.2 Å². The molecule has 0 aromatic carbocycles. The lowest BCUT2D eigenvalue weighted by Crippen LogP contribution is -2.44. The Labute approximate surface area is 101 Å². The van der Waals surface area contributed by atoms with Crippen LogP contribution in [0.3, 0.4) is 0 Å². The summed E-state index contributed by atoms with van der Waals surface area (Å²) in [5, 5.41) is 0. The first kappa shape index (κ1) is 11.0. The first-order chi connectivity index (χ1) is 8.24. The lowest BCUT2D eigenvalue weighted by atomic mass is 9.93. The van der Waals surface area contributed by atoms with Crippen molar-refractivity contribution in [2.75, 3.05) is 31.6 Å². The summed E-state index contributed by atoms with van der Waals surface area (Å²) in [6, 6.07) is 3.91. The van der Waals surface area contributed by atoms with Crippen molar-refractivity contribution >= 4 is 5.82 Å². The number of halogens is 1. The van der Waals surface area contributed by atoms with E-state index < -0.39 is 0 Å². The molecular weight excluding hydrogens is 217 g/mol. The van der Waals surface area contributed by atoms with Crippen molar-refractivity contribution < 1.29 is 4.39 Å². The number of piperidine rings is 1. The summed E-state index contributed by atoms with van der Waals surface area (Å²) in [6.07, 6.45) is 3.74. The van der Waals surface area contributed by atoms with E-state index in [9.17, 15) is 4.39 Å². The first-order valence-corrected chi connectivity index (χ1v) is 6.31. The summed E-state index contributed by atoms with van der Waals surface area (Å²) < 4.78 is 12.9. The zero-order chi connectivity index (χ0) is 11.8. The van der Waals surface area contributed by atoms with Crippen molar-refractivity contribution in [2.24, 2.45) is 5.92 Å². The molecule has 3 heterocycles. The van der Waals surface area contributed by atoms with Gasteiger partial charge in [0, 0.05) is 19.1 Å².